The molecule has 1 saturated heterocycles. The van der Waals surface area contributed by atoms with Crippen molar-refractivity contribution in [2.75, 3.05) is 33.7 Å². The first-order valence-corrected chi connectivity index (χ1v) is 10.1. The molecule has 2 heterocycles. The van der Waals surface area contributed by atoms with E-state index >= 15 is 0 Å². The number of hydrogen-bond acceptors (Lipinski definition) is 4. The van der Waals surface area contributed by atoms with Gasteiger partial charge in [-0.1, -0.05) is 36.4 Å². The van der Waals surface area contributed by atoms with Crippen LogP contribution in [0.15, 0.2) is 60.9 Å². The van der Waals surface area contributed by atoms with Gasteiger partial charge in [-0.05, 0) is 43.6 Å². The molecule has 0 bridgehead atoms. The van der Waals surface area contributed by atoms with Gasteiger partial charge in [-0.15, -0.1) is 0 Å². The average Bonchev–Trinajstić information content (AvgIpc) is 2.74. The third-order valence-corrected chi connectivity index (χ3v) is 5.70. The summed E-state index contributed by atoms with van der Waals surface area (Å²) in [6.07, 6.45) is 4.04. The van der Waals surface area contributed by atoms with Crippen molar-refractivity contribution in [3.05, 3.63) is 66.5 Å². The van der Waals surface area contributed by atoms with E-state index in [1.807, 2.05) is 69.0 Å². The van der Waals surface area contributed by atoms with Crippen LogP contribution in [0.25, 0.3) is 21.9 Å². The van der Waals surface area contributed by atoms with Crippen molar-refractivity contribution < 1.29 is 9.90 Å². The minimum Gasteiger partial charge on any atom is -0.391 e. The molecule has 1 aliphatic heterocycles. The van der Waals surface area contributed by atoms with Crippen molar-refractivity contribution in [2.24, 2.45) is 5.92 Å². The second kappa shape index (κ2) is 8.31. The Morgan fingerprint density at radius 1 is 1.17 bits per heavy atom. The molecule has 150 valence electrons. The molecule has 3 aromatic rings. The number of benzene rings is 2. The Kier molecular flexibility index (Phi) is 5.60. The molecule has 29 heavy (non-hydrogen) atoms. The summed E-state index contributed by atoms with van der Waals surface area (Å²) < 4.78 is 0. The molecule has 1 amide bonds. The third kappa shape index (κ3) is 4.16. The maximum atomic E-state index is 13.1. The van der Waals surface area contributed by atoms with Crippen LogP contribution in [0.5, 0.6) is 0 Å². The number of nitrogens with zero attached hydrogens (tertiary/aromatic N) is 3. The first-order valence-electron chi connectivity index (χ1n) is 10.1. The van der Waals surface area contributed by atoms with Gasteiger partial charge in [-0.2, -0.15) is 0 Å². The quantitative estimate of drug-likeness (QED) is 0.744. The molecule has 0 spiro atoms. The van der Waals surface area contributed by atoms with Crippen molar-refractivity contribution >= 4 is 16.7 Å². The van der Waals surface area contributed by atoms with Crippen LogP contribution in [-0.4, -0.2) is 65.6 Å². The van der Waals surface area contributed by atoms with Gasteiger partial charge >= 0.3 is 0 Å². The van der Waals surface area contributed by atoms with Crippen molar-refractivity contribution in [3.63, 3.8) is 0 Å². The van der Waals surface area contributed by atoms with E-state index in [-0.39, 0.29) is 11.8 Å². The lowest BCUT2D eigenvalue weighted by molar-refractivity contribution is 0.0124. The fourth-order valence-corrected chi connectivity index (χ4v) is 4.20. The van der Waals surface area contributed by atoms with Crippen LogP contribution < -0.4 is 0 Å². The van der Waals surface area contributed by atoms with E-state index in [1.165, 1.54) is 0 Å². The number of aliphatic hydroxyl groups excluding tert-OH is 1. The number of carbonyl (C=O) groups excluding carboxylic acids is 1. The van der Waals surface area contributed by atoms with Crippen molar-refractivity contribution in [2.45, 2.75) is 12.5 Å². The third-order valence-electron chi connectivity index (χ3n) is 5.70. The number of aromatic nitrogens is 1. The molecule has 2 atom stereocenters. The Balaban J connectivity index is 1.57. The number of fused-ring (bicyclic) bond motifs is 1. The first-order chi connectivity index (χ1) is 14.0. The fourth-order valence-electron chi connectivity index (χ4n) is 4.20. The number of rotatable bonds is 4. The second-order valence-corrected chi connectivity index (χ2v) is 8.12. The minimum absolute atomic E-state index is 0.0256. The van der Waals surface area contributed by atoms with E-state index in [2.05, 4.69) is 16.0 Å². The Bertz CT molecular complexity index is 1010. The van der Waals surface area contributed by atoms with Crippen molar-refractivity contribution in [1.29, 1.82) is 0 Å². The number of aliphatic hydroxyl groups is 1. The van der Waals surface area contributed by atoms with Gasteiger partial charge in [0.1, 0.15) is 0 Å². The number of piperidine rings is 1. The zero-order valence-corrected chi connectivity index (χ0v) is 17.0. The van der Waals surface area contributed by atoms with Gasteiger partial charge in [0.15, 0.2) is 0 Å². The number of likely N-dealkylation sites (tertiary alicyclic amines) is 1. The predicted molar refractivity (Wildman–Crippen MR) is 116 cm³/mol. The average molecular weight is 389 g/mol. The Morgan fingerprint density at radius 2 is 2.00 bits per heavy atom. The minimum atomic E-state index is -0.486. The summed E-state index contributed by atoms with van der Waals surface area (Å²) in [7, 11) is 4.02. The van der Waals surface area contributed by atoms with E-state index in [4.69, 9.17) is 0 Å². The van der Waals surface area contributed by atoms with Crippen LogP contribution in [-0.2, 0) is 0 Å². The molecule has 1 aliphatic rings. The van der Waals surface area contributed by atoms with E-state index in [0.29, 0.717) is 18.7 Å². The molecule has 0 saturated carbocycles. The predicted octanol–water partition coefficient (Wildman–Crippen LogP) is 3.29. The molecule has 0 radical (unpaired) electrons. The number of β-amino-alcohol motifs (C(OH)–C–C–N with tert-alkyl or cyclic N) is 1. The maximum Gasteiger partial charge on any atom is 0.253 e. The van der Waals surface area contributed by atoms with Gasteiger partial charge in [0, 0.05) is 54.5 Å². The molecule has 1 aromatic heterocycles. The Hall–Kier alpha value is -2.76. The molecule has 2 aromatic carbocycles. The normalized spacial score (nSPS) is 19.7. The number of hydrogen-bond donors (Lipinski definition) is 1. The van der Waals surface area contributed by atoms with Crippen LogP contribution in [0.3, 0.4) is 0 Å². The lowest BCUT2D eigenvalue weighted by atomic mass is 9.92. The lowest BCUT2D eigenvalue weighted by Gasteiger charge is -2.37. The molecule has 0 unspecified atom stereocenters. The fraction of sp³-hybridized carbons (Fsp3) is 0.333. The number of carbonyl (C=O) groups is 1. The molecule has 4 rings (SSSR count). The van der Waals surface area contributed by atoms with Gasteiger partial charge < -0.3 is 14.9 Å². The maximum absolute atomic E-state index is 13.1. The second-order valence-electron chi connectivity index (χ2n) is 8.12. The largest absolute Gasteiger partial charge is 0.391 e. The highest BCUT2D eigenvalue weighted by Crippen LogP contribution is 2.29. The summed E-state index contributed by atoms with van der Waals surface area (Å²) >= 11 is 0. The first kappa shape index (κ1) is 19.6. The van der Waals surface area contributed by atoms with Crippen LogP contribution in [0.2, 0.25) is 0 Å². The topological polar surface area (TPSA) is 56.7 Å². The van der Waals surface area contributed by atoms with Gasteiger partial charge in [0.05, 0.1) is 6.10 Å². The molecular formula is C24H27N3O2. The number of pyridine rings is 1. The standard InChI is InChI=1S/C24H27N3O2/c1-26(2)15-20-10-11-27(16-23(20)28)24(29)18-8-5-7-17(12-18)22-14-25-13-19-6-3-4-9-21(19)22/h3-9,12-14,20,23,28H,10-11,15-16H2,1-2H3/t20-,23+/m0/s1. The summed E-state index contributed by atoms with van der Waals surface area (Å²) in [6, 6.07) is 15.8. The highest BCUT2D eigenvalue weighted by Gasteiger charge is 2.30. The van der Waals surface area contributed by atoms with Crippen LogP contribution in [0.4, 0.5) is 0 Å². The van der Waals surface area contributed by atoms with E-state index in [9.17, 15) is 9.90 Å². The summed E-state index contributed by atoms with van der Waals surface area (Å²) in [6.45, 7) is 1.90. The van der Waals surface area contributed by atoms with Gasteiger partial charge in [0.2, 0.25) is 0 Å². The van der Waals surface area contributed by atoms with E-state index in [0.717, 1.165) is 34.9 Å². The van der Waals surface area contributed by atoms with Gasteiger partial charge in [-0.3, -0.25) is 9.78 Å². The van der Waals surface area contributed by atoms with Crippen LogP contribution in [0, 0.1) is 5.92 Å². The van der Waals surface area contributed by atoms with Crippen molar-refractivity contribution in [3.8, 4) is 11.1 Å². The summed E-state index contributed by atoms with van der Waals surface area (Å²) in [5.74, 6) is 0.185. The Labute approximate surface area is 171 Å². The highest BCUT2D eigenvalue weighted by atomic mass is 16.3. The summed E-state index contributed by atoms with van der Waals surface area (Å²) in [5, 5.41) is 12.7. The van der Waals surface area contributed by atoms with Crippen molar-refractivity contribution in [1.82, 2.24) is 14.8 Å². The molecular weight excluding hydrogens is 362 g/mol. The summed E-state index contributed by atoms with van der Waals surface area (Å²) in [5.41, 5.74) is 2.64. The monoisotopic (exact) mass is 389 g/mol. The lowest BCUT2D eigenvalue weighted by Crippen LogP contribution is -2.49. The Morgan fingerprint density at radius 3 is 2.79 bits per heavy atom. The highest BCUT2D eigenvalue weighted by molar-refractivity contribution is 5.99. The molecule has 5 nitrogen and oxygen atoms in total. The zero-order chi connectivity index (χ0) is 20.4. The van der Waals surface area contributed by atoms with Crippen LogP contribution >= 0.6 is 0 Å². The smallest absolute Gasteiger partial charge is 0.253 e. The van der Waals surface area contributed by atoms with E-state index in [1.54, 1.807) is 4.90 Å². The van der Waals surface area contributed by atoms with Gasteiger partial charge in [-0.25, -0.2) is 0 Å². The molecule has 0 aliphatic carbocycles. The van der Waals surface area contributed by atoms with Gasteiger partial charge in [0.25, 0.3) is 5.91 Å². The zero-order valence-electron chi connectivity index (χ0n) is 17.0. The summed E-state index contributed by atoms with van der Waals surface area (Å²) in [4.78, 5) is 21.3. The molecule has 5 heteroatoms. The van der Waals surface area contributed by atoms with Crippen LogP contribution in [0.1, 0.15) is 16.8 Å². The molecule has 1 fully saturated rings. The van der Waals surface area contributed by atoms with E-state index < -0.39 is 6.10 Å². The SMILES string of the molecule is CN(C)C[C@@H]1CCN(C(=O)c2cccc(-c3cncc4ccccc34)c2)C[C@H]1O. The molecule has 1 N–H and O–H groups in total. The number of amides is 1.